The van der Waals surface area contributed by atoms with E-state index in [1.165, 1.54) is 0 Å². The van der Waals surface area contributed by atoms with Crippen LogP contribution in [0.4, 0.5) is 5.69 Å². The number of anilines is 1. The van der Waals surface area contributed by atoms with E-state index in [-0.39, 0.29) is 0 Å². The van der Waals surface area contributed by atoms with Crippen molar-refractivity contribution >= 4 is 5.69 Å². The number of hydrogen-bond acceptors (Lipinski definition) is 5. The third-order valence-electron chi connectivity index (χ3n) is 3.15. The van der Waals surface area contributed by atoms with Gasteiger partial charge in [0.05, 0.1) is 0 Å². The van der Waals surface area contributed by atoms with Gasteiger partial charge in [-0.15, -0.1) is 0 Å². The van der Waals surface area contributed by atoms with Gasteiger partial charge in [-0.2, -0.15) is 4.98 Å². The summed E-state index contributed by atoms with van der Waals surface area (Å²) >= 11 is 0. The third kappa shape index (κ3) is 2.14. The fourth-order valence-corrected chi connectivity index (χ4v) is 1.99. The number of pyridine rings is 1. The Balaban J connectivity index is 2.04. The van der Waals surface area contributed by atoms with E-state index in [0.717, 1.165) is 16.8 Å². The molecule has 0 radical (unpaired) electrons. The molecule has 0 atom stereocenters. The number of nitrogen functional groups attached to an aromatic ring is 1. The summed E-state index contributed by atoms with van der Waals surface area (Å²) in [5, 5.41) is 3.99. The molecule has 20 heavy (non-hydrogen) atoms. The van der Waals surface area contributed by atoms with E-state index >= 15 is 0 Å². The van der Waals surface area contributed by atoms with Gasteiger partial charge in [-0.3, -0.25) is 0 Å². The Bertz CT molecular complexity index is 764. The van der Waals surface area contributed by atoms with E-state index in [1.807, 2.05) is 50.2 Å². The van der Waals surface area contributed by atoms with Gasteiger partial charge in [0.15, 0.2) is 0 Å². The molecule has 0 aliphatic rings. The first-order valence-electron chi connectivity index (χ1n) is 6.28. The number of aromatic nitrogens is 3. The third-order valence-corrected chi connectivity index (χ3v) is 3.15. The van der Waals surface area contributed by atoms with Crippen molar-refractivity contribution in [3.63, 3.8) is 0 Å². The zero-order valence-electron chi connectivity index (χ0n) is 11.3. The summed E-state index contributed by atoms with van der Waals surface area (Å²) in [6.45, 7) is 3.85. The summed E-state index contributed by atoms with van der Waals surface area (Å²) < 4.78 is 5.32. The molecule has 2 heterocycles. The predicted molar refractivity (Wildman–Crippen MR) is 76.9 cm³/mol. The smallest absolute Gasteiger partial charge is 0.258 e. The Morgan fingerprint density at radius 3 is 2.60 bits per heavy atom. The van der Waals surface area contributed by atoms with Gasteiger partial charge in [0.1, 0.15) is 5.69 Å². The lowest BCUT2D eigenvalue weighted by Crippen LogP contribution is -1.92. The summed E-state index contributed by atoms with van der Waals surface area (Å²) in [5.41, 5.74) is 9.98. The van der Waals surface area contributed by atoms with Crippen molar-refractivity contribution in [2.24, 2.45) is 0 Å². The molecular weight excluding hydrogens is 252 g/mol. The van der Waals surface area contributed by atoms with Crippen LogP contribution >= 0.6 is 0 Å². The molecule has 0 spiro atoms. The molecule has 0 saturated carbocycles. The second kappa shape index (κ2) is 4.77. The summed E-state index contributed by atoms with van der Waals surface area (Å²) in [5.74, 6) is 0.929. The van der Waals surface area contributed by atoms with Crippen molar-refractivity contribution in [2.45, 2.75) is 13.8 Å². The van der Waals surface area contributed by atoms with Crippen molar-refractivity contribution in [2.75, 3.05) is 5.73 Å². The predicted octanol–water partition coefficient (Wildman–Crippen LogP) is 3.00. The number of rotatable bonds is 2. The Hall–Kier alpha value is -2.69. The van der Waals surface area contributed by atoms with Gasteiger partial charge in [-0.1, -0.05) is 17.3 Å². The van der Waals surface area contributed by atoms with Gasteiger partial charge in [0.2, 0.25) is 5.82 Å². The number of nitrogens with two attached hydrogens (primary N) is 1. The molecule has 3 aromatic rings. The van der Waals surface area contributed by atoms with Crippen molar-refractivity contribution in [1.29, 1.82) is 0 Å². The standard InChI is InChI=1S/C15H14N4O/c1-9-5-3-8-13(17-9)14-18-15(20-19-14)11-6-4-7-12(16)10(11)2/h3-8H,16H2,1-2H3. The number of hydrogen-bond donors (Lipinski definition) is 1. The van der Waals surface area contributed by atoms with Crippen LogP contribution in [0.5, 0.6) is 0 Å². The zero-order chi connectivity index (χ0) is 14.1. The molecule has 5 heteroatoms. The van der Waals surface area contributed by atoms with E-state index in [2.05, 4.69) is 15.1 Å². The van der Waals surface area contributed by atoms with Crippen LogP contribution in [0, 0.1) is 13.8 Å². The Morgan fingerprint density at radius 1 is 1.00 bits per heavy atom. The van der Waals surface area contributed by atoms with Crippen LogP contribution in [-0.2, 0) is 0 Å². The normalized spacial score (nSPS) is 10.7. The van der Waals surface area contributed by atoms with E-state index < -0.39 is 0 Å². The zero-order valence-corrected chi connectivity index (χ0v) is 11.3. The first-order chi connectivity index (χ1) is 9.65. The Kier molecular flexibility index (Phi) is 2.95. The molecule has 0 saturated heterocycles. The van der Waals surface area contributed by atoms with Crippen LogP contribution in [0.15, 0.2) is 40.9 Å². The molecule has 0 bridgehead atoms. The second-order valence-corrected chi connectivity index (χ2v) is 4.61. The van der Waals surface area contributed by atoms with Gasteiger partial charge < -0.3 is 10.3 Å². The van der Waals surface area contributed by atoms with Crippen molar-refractivity contribution in [1.82, 2.24) is 15.1 Å². The fraction of sp³-hybridized carbons (Fsp3) is 0.133. The molecule has 0 aliphatic carbocycles. The van der Waals surface area contributed by atoms with Crippen molar-refractivity contribution in [3.05, 3.63) is 47.7 Å². The SMILES string of the molecule is Cc1cccc(-c2noc(-c3cccc(N)c3C)n2)n1. The molecule has 1 aromatic carbocycles. The highest BCUT2D eigenvalue weighted by Gasteiger charge is 2.14. The van der Waals surface area contributed by atoms with Crippen LogP contribution in [0.1, 0.15) is 11.3 Å². The Morgan fingerprint density at radius 2 is 1.80 bits per heavy atom. The average Bonchev–Trinajstić information content (AvgIpc) is 2.91. The monoisotopic (exact) mass is 266 g/mol. The first-order valence-corrected chi connectivity index (χ1v) is 6.28. The maximum Gasteiger partial charge on any atom is 0.258 e. The molecule has 0 fully saturated rings. The van der Waals surface area contributed by atoms with E-state index in [4.69, 9.17) is 10.3 Å². The Labute approximate surface area is 116 Å². The topological polar surface area (TPSA) is 77.8 Å². The van der Waals surface area contributed by atoms with Crippen LogP contribution in [-0.4, -0.2) is 15.1 Å². The largest absolute Gasteiger partial charge is 0.398 e. The van der Waals surface area contributed by atoms with E-state index in [1.54, 1.807) is 0 Å². The lowest BCUT2D eigenvalue weighted by Gasteiger charge is -2.03. The first kappa shape index (κ1) is 12.3. The van der Waals surface area contributed by atoms with Gasteiger partial charge in [0.25, 0.3) is 5.89 Å². The lowest BCUT2D eigenvalue weighted by atomic mass is 10.1. The second-order valence-electron chi connectivity index (χ2n) is 4.61. The van der Waals surface area contributed by atoms with Crippen LogP contribution in [0.2, 0.25) is 0 Å². The molecule has 2 aromatic heterocycles. The van der Waals surface area contributed by atoms with Gasteiger partial charge in [0, 0.05) is 16.9 Å². The van der Waals surface area contributed by atoms with Crippen LogP contribution in [0.25, 0.3) is 23.0 Å². The molecule has 0 unspecified atom stereocenters. The number of nitrogens with zero attached hydrogens (tertiary/aromatic N) is 3. The van der Waals surface area contributed by atoms with E-state index in [0.29, 0.717) is 23.1 Å². The average molecular weight is 266 g/mol. The maximum absolute atomic E-state index is 5.89. The summed E-state index contributed by atoms with van der Waals surface area (Å²) in [6, 6.07) is 11.3. The van der Waals surface area contributed by atoms with Crippen LogP contribution < -0.4 is 5.73 Å². The van der Waals surface area contributed by atoms with Crippen molar-refractivity contribution < 1.29 is 4.52 Å². The molecule has 3 rings (SSSR count). The molecule has 5 nitrogen and oxygen atoms in total. The summed E-state index contributed by atoms with van der Waals surface area (Å²) in [7, 11) is 0. The highest BCUT2D eigenvalue weighted by molar-refractivity contribution is 5.67. The van der Waals surface area contributed by atoms with Gasteiger partial charge in [-0.25, -0.2) is 4.98 Å². The highest BCUT2D eigenvalue weighted by Crippen LogP contribution is 2.27. The fourth-order valence-electron chi connectivity index (χ4n) is 1.99. The summed E-state index contributed by atoms with van der Waals surface area (Å²) in [4.78, 5) is 8.78. The maximum atomic E-state index is 5.89. The minimum Gasteiger partial charge on any atom is -0.398 e. The minimum atomic E-state index is 0.452. The summed E-state index contributed by atoms with van der Waals surface area (Å²) in [6.07, 6.45) is 0. The van der Waals surface area contributed by atoms with Gasteiger partial charge >= 0.3 is 0 Å². The van der Waals surface area contributed by atoms with E-state index in [9.17, 15) is 0 Å². The molecule has 0 aliphatic heterocycles. The van der Waals surface area contributed by atoms with Crippen LogP contribution in [0.3, 0.4) is 0 Å². The molecule has 100 valence electrons. The molecular formula is C15H14N4O. The van der Waals surface area contributed by atoms with Crippen molar-refractivity contribution in [3.8, 4) is 23.0 Å². The number of benzene rings is 1. The highest BCUT2D eigenvalue weighted by atomic mass is 16.5. The quantitative estimate of drug-likeness (QED) is 0.721. The molecule has 2 N–H and O–H groups in total. The minimum absolute atomic E-state index is 0.452. The number of aryl methyl sites for hydroxylation is 1. The molecule has 0 amide bonds. The van der Waals surface area contributed by atoms with Gasteiger partial charge in [-0.05, 0) is 43.7 Å². The lowest BCUT2D eigenvalue weighted by molar-refractivity contribution is 0.432.